The minimum Gasteiger partial charge on any atom is -0.483 e. The van der Waals surface area contributed by atoms with Crippen molar-refractivity contribution in [3.8, 4) is 5.75 Å². The van der Waals surface area contributed by atoms with E-state index in [9.17, 15) is 14.0 Å². The summed E-state index contributed by atoms with van der Waals surface area (Å²) in [4.78, 5) is 22.6. The maximum atomic E-state index is 13.4. The Balaban J connectivity index is 2.69. The standard InChI is InChI=1S/C14H18FNO4/c1-8(2)9(3)16-12(17)7-20-11-6-4-5-10(15)13(11)14(18)19/h4-6,8-9H,7H2,1-3H3,(H,16,17)(H,18,19). The van der Waals surface area contributed by atoms with Gasteiger partial charge in [-0.05, 0) is 25.0 Å². The van der Waals surface area contributed by atoms with Crippen molar-refractivity contribution in [1.29, 1.82) is 0 Å². The molecule has 0 heterocycles. The van der Waals surface area contributed by atoms with Crippen LogP contribution in [0.3, 0.4) is 0 Å². The second kappa shape index (κ2) is 6.88. The summed E-state index contributed by atoms with van der Waals surface area (Å²) >= 11 is 0. The number of aromatic carboxylic acids is 1. The highest BCUT2D eigenvalue weighted by molar-refractivity contribution is 5.91. The lowest BCUT2D eigenvalue weighted by atomic mass is 10.1. The van der Waals surface area contributed by atoms with Crippen LogP contribution in [0.1, 0.15) is 31.1 Å². The summed E-state index contributed by atoms with van der Waals surface area (Å²) in [6, 6.07) is 3.63. The number of benzene rings is 1. The van der Waals surface area contributed by atoms with Gasteiger partial charge in [-0.25, -0.2) is 9.18 Å². The van der Waals surface area contributed by atoms with Crippen molar-refractivity contribution >= 4 is 11.9 Å². The summed E-state index contributed by atoms with van der Waals surface area (Å²) in [7, 11) is 0. The number of hydrogen-bond donors (Lipinski definition) is 2. The van der Waals surface area contributed by atoms with Gasteiger partial charge in [0.05, 0.1) is 0 Å². The SMILES string of the molecule is CC(C)C(C)NC(=O)COc1cccc(F)c1C(=O)O. The number of hydrogen-bond acceptors (Lipinski definition) is 3. The Morgan fingerprint density at radius 1 is 1.35 bits per heavy atom. The van der Waals surface area contributed by atoms with E-state index in [0.29, 0.717) is 0 Å². The number of amides is 1. The van der Waals surface area contributed by atoms with Gasteiger partial charge in [0.15, 0.2) is 6.61 Å². The van der Waals surface area contributed by atoms with Crippen molar-refractivity contribution in [3.05, 3.63) is 29.6 Å². The van der Waals surface area contributed by atoms with Gasteiger partial charge < -0.3 is 15.2 Å². The summed E-state index contributed by atoms with van der Waals surface area (Å²) in [6.45, 7) is 5.41. The topological polar surface area (TPSA) is 75.6 Å². The monoisotopic (exact) mass is 283 g/mol. The molecule has 0 fully saturated rings. The Morgan fingerprint density at radius 3 is 2.55 bits per heavy atom. The number of carbonyl (C=O) groups is 2. The van der Waals surface area contributed by atoms with Crippen molar-refractivity contribution < 1.29 is 23.8 Å². The third kappa shape index (κ3) is 4.22. The summed E-state index contributed by atoms with van der Waals surface area (Å²) in [5, 5.41) is 11.6. The molecule has 0 radical (unpaired) electrons. The van der Waals surface area contributed by atoms with Gasteiger partial charge >= 0.3 is 5.97 Å². The largest absolute Gasteiger partial charge is 0.483 e. The molecule has 1 rings (SSSR count). The molecule has 1 unspecified atom stereocenters. The van der Waals surface area contributed by atoms with E-state index in [1.807, 2.05) is 20.8 Å². The average molecular weight is 283 g/mol. The third-order valence-corrected chi connectivity index (χ3v) is 2.94. The molecule has 1 atom stereocenters. The van der Waals surface area contributed by atoms with E-state index in [0.717, 1.165) is 6.07 Å². The van der Waals surface area contributed by atoms with Crippen LogP contribution in [-0.4, -0.2) is 29.6 Å². The highest BCUT2D eigenvalue weighted by atomic mass is 19.1. The molecule has 0 spiro atoms. The molecule has 0 aromatic heterocycles. The van der Waals surface area contributed by atoms with E-state index < -0.39 is 17.3 Å². The number of nitrogens with one attached hydrogen (secondary N) is 1. The van der Waals surface area contributed by atoms with Gasteiger partial charge in [-0.15, -0.1) is 0 Å². The van der Waals surface area contributed by atoms with Gasteiger partial charge in [-0.2, -0.15) is 0 Å². The molecule has 1 amide bonds. The van der Waals surface area contributed by atoms with E-state index >= 15 is 0 Å². The quantitative estimate of drug-likeness (QED) is 0.838. The molecular weight excluding hydrogens is 265 g/mol. The van der Waals surface area contributed by atoms with Crippen LogP contribution >= 0.6 is 0 Å². The van der Waals surface area contributed by atoms with Gasteiger partial charge in [0.2, 0.25) is 0 Å². The molecule has 6 heteroatoms. The molecule has 0 aliphatic rings. The summed E-state index contributed by atoms with van der Waals surface area (Å²) < 4.78 is 18.5. The van der Waals surface area contributed by atoms with Crippen molar-refractivity contribution in [2.24, 2.45) is 5.92 Å². The van der Waals surface area contributed by atoms with E-state index in [2.05, 4.69) is 5.32 Å². The summed E-state index contributed by atoms with van der Waals surface area (Å²) in [6.07, 6.45) is 0. The molecule has 0 bridgehead atoms. The maximum absolute atomic E-state index is 13.4. The highest BCUT2D eigenvalue weighted by Crippen LogP contribution is 2.21. The number of halogens is 1. The highest BCUT2D eigenvalue weighted by Gasteiger charge is 2.18. The van der Waals surface area contributed by atoms with E-state index in [4.69, 9.17) is 9.84 Å². The molecule has 20 heavy (non-hydrogen) atoms. The molecule has 0 aliphatic carbocycles. The Kier molecular flexibility index (Phi) is 5.49. The second-order valence-electron chi connectivity index (χ2n) is 4.81. The first kappa shape index (κ1) is 15.9. The van der Waals surface area contributed by atoms with Crippen LogP contribution in [0, 0.1) is 11.7 Å². The van der Waals surface area contributed by atoms with Gasteiger partial charge in [0.25, 0.3) is 5.91 Å². The van der Waals surface area contributed by atoms with Crippen molar-refractivity contribution in [2.45, 2.75) is 26.8 Å². The Morgan fingerprint density at radius 2 is 2.00 bits per heavy atom. The molecule has 0 saturated carbocycles. The van der Waals surface area contributed by atoms with Gasteiger partial charge in [-0.1, -0.05) is 19.9 Å². The molecule has 0 aliphatic heterocycles. The molecule has 110 valence electrons. The van der Waals surface area contributed by atoms with Crippen molar-refractivity contribution in [2.75, 3.05) is 6.61 Å². The molecular formula is C14H18FNO4. The first-order valence-electron chi connectivity index (χ1n) is 6.27. The molecule has 1 aromatic rings. The van der Waals surface area contributed by atoms with Crippen molar-refractivity contribution in [1.82, 2.24) is 5.32 Å². The van der Waals surface area contributed by atoms with Crippen LogP contribution in [0.2, 0.25) is 0 Å². The third-order valence-electron chi connectivity index (χ3n) is 2.94. The number of carbonyl (C=O) groups excluding carboxylic acids is 1. The zero-order valence-corrected chi connectivity index (χ0v) is 11.6. The predicted octanol–water partition coefficient (Wildman–Crippen LogP) is 2.06. The Hall–Kier alpha value is -2.11. The average Bonchev–Trinajstić information content (AvgIpc) is 2.35. The number of rotatable bonds is 6. The minimum atomic E-state index is -1.44. The van der Waals surface area contributed by atoms with Crippen LogP contribution in [0.15, 0.2) is 18.2 Å². The van der Waals surface area contributed by atoms with E-state index in [-0.39, 0.29) is 30.2 Å². The van der Waals surface area contributed by atoms with Gasteiger partial charge in [0.1, 0.15) is 17.1 Å². The zero-order chi connectivity index (χ0) is 15.3. The van der Waals surface area contributed by atoms with Crippen LogP contribution in [0.25, 0.3) is 0 Å². The van der Waals surface area contributed by atoms with Crippen LogP contribution < -0.4 is 10.1 Å². The fraction of sp³-hybridized carbons (Fsp3) is 0.429. The second-order valence-corrected chi connectivity index (χ2v) is 4.81. The summed E-state index contributed by atoms with van der Waals surface area (Å²) in [5.74, 6) is -2.61. The van der Waals surface area contributed by atoms with Crippen LogP contribution in [-0.2, 0) is 4.79 Å². The number of ether oxygens (including phenoxy) is 1. The smallest absolute Gasteiger partial charge is 0.342 e. The van der Waals surface area contributed by atoms with Crippen LogP contribution in [0.4, 0.5) is 4.39 Å². The Bertz CT molecular complexity index is 502. The fourth-order valence-corrected chi connectivity index (χ4v) is 1.44. The maximum Gasteiger partial charge on any atom is 0.342 e. The lowest BCUT2D eigenvalue weighted by Crippen LogP contribution is -2.39. The molecule has 2 N–H and O–H groups in total. The number of carboxylic acid groups (broad SMARTS) is 1. The number of carboxylic acids is 1. The molecule has 0 saturated heterocycles. The zero-order valence-electron chi connectivity index (χ0n) is 11.6. The predicted molar refractivity (Wildman–Crippen MR) is 71.3 cm³/mol. The Labute approximate surface area is 116 Å². The fourth-order valence-electron chi connectivity index (χ4n) is 1.44. The first-order valence-corrected chi connectivity index (χ1v) is 6.27. The molecule has 5 nitrogen and oxygen atoms in total. The lowest BCUT2D eigenvalue weighted by Gasteiger charge is -2.17. The van der Waals surface area contributed by atoms with Gasteiger partial charge in [-0.3, -0.25) is 4.79 Å². The normalized spacial score (nSPS) is 12.1. The molecule has 1 aromatic carbocycles. The van der Waals surface area contributed by atoms with E-state index in [1.54, 1.807) is 0 Å². The van der Waals surface area contributed by atoms with E-state index in [1.165, 1.54) is 12.1 Å². The van der Waals surface area contributed by atoms with Gasteiger partial charge in [0, 0.05) is 6.04 Å². The summed E-state index contributed by atoms with van der Waals surface area (Å²) in [5.41, 5.74) is -0.572. The lowest BCUT2D eigenvalue weighted by molar-refractivity contribution is -0.124. The minimum absolute atomic E-state index is 0.0300. The first-order chi connectivity index (χ1) is 9.32. The van der Waals surface area contributed by atoms with Crippen LogP contribution in [0.5, 0.6) is 5.75 Å². The van der Waals surface area contributed by atoms with Crippen molar-refractivity contribution in [3.63, 3.8) is 0 Å².